The summed E-state index contributed by atoms with van der Waals surface area (Å²) in [5.74, 6) is -0.135. The standard InChI is InChI=1S/C18H24Cl2N2O3/c1-21-4-2-18(3-5-21)10-15(23)11-22(18)17(25)9-16(24)12-6-13(19)8-14(20)7-12/h6-8,15-16,23-24H,2-5,9-11H2,1H3. The Morgan fingerprint density at radius 2 is 1.88 bits per heavy atom. The molecule has 2 heterocycles. The third-order valence-electron chi connectivity index (χ3n) is 5.44. The van der Waals surface area contributed by atoms with Crippen LogP contribution in [0.25, 0.3) is 0 Å². The van der Waals surface area contributed by atoms with E-state index in [-0.39, 0.29) is 17.9 Å². The van der Waals surface area contributed by atoms with Crippen molar-refractivity contribution in [2.24, 2.45) is 0 Å². The minimum absolute atomic E-state index is 0.0407. The summed E-state index contributed by atoms with van der Waals surface area (Å²) < 4.78 is 0. The molecular formula is C18H24Cl2N2O3. The Hall–Kier alpha value is -0.850. The Kier molecular flexibility index (Phi) is 5.61. The molecule has 0 radical (unpaired) electrons. The normalized spacial score (nSPS) is 24.7. The van der Waals surface area contributed by atoms with Crippen molar-refractivity contribution in [2.45, 2.75) is 43.4 Å². The summed E-state index contributed by atoms with van der Waals surface area (Å²) in [5.41, 5.74) is 0.248. The van der Waals surface area contributed by atoms with Gasteiger partial charge in [-0.15, -0.1) is 0 Å². The van der Waals surface area contributed by atoms with Crippen LogP contribution in [0.2, 0.25) is 10.0 Å². The zero-order valence-corrected chi connectivity index (χ0v) is 15.8. The molecule has 1 spiro atoms. The Morgan fingerprint density at radius 3 is 2.48 bits per heavy atom. The number of benzene rings is 1. The first-order chi connectivity index (χ1) is 11.8. The van der Waals surface area contributed by atoms with Gasteiger partial charge in [-0.2, -0.15) is 0 Å². The lowest BCUT2D eigenvalue weighted by Crippen LogP contribution is -2.53. The number of hydrogen-bond acceptors (Lipinski definition) is 4. The van der Waals surface area contributed by atoms with Crippen LogP contribution in [0.15, 0.2) is 18.2 Å². The first-order valence-corrected chi connectivity index (χ1v) is 9.36. The van der Waals surface area contributed by atoms with Crippen LogP contribution < -0.4 is 0 Å². The summed E-state index contributed by atoms with van der Waals surface area (Å²) in [6.45, 7) is 2.15. The number of hydrogen-bond donors (Lipinski definition) is 2. The summed E-state index contributed by atoms with van der Waals surface area (Å²) in [6, 6.07) is 4.83. The highest BCUT2D eigenvalue weighted by Gasteiger charge is 2.48. The van der Waals surface area contributed by atoms with E-state index < -0.39 is 12.2 Å². The maximum atomic E-state index is 12.9. The van der Waals surface area contributed by atoms with Gasteiger partial charge in [0.05, 0.1) is 18.6 Å². The van der Waals surface area contributed by atoms with Crippen LogP contribution in [-0.4, -0.2) is 64.2 Å². The molecule has 0 bridgehead atoms. The maximum Gasteiger partial charge on any atom is 0.226 e. The Balaban J connectivity index is 1.73. The van der Waals surface area contributed by atoms with Gasteiger partial charge in [0.1, 0.15) is 0 Å². The first-order valence-electron chi connectivity index (χ1n) is 8.60. The second kappa shape index (κ2) is 7.41. The minimum atomic E-state index is -0.968. The van der Waals surface area contributed by atoms with Gasteiger partial charge < -0.3 is 20.0 Å². The zero-order valence-electron chi connectivity index (χ0n) is 14.3. The second-order valence-corrected chi connectivity index (χ2v) is 8.19. The molecule has 2 N–H and O–H groups in total. The summed E-state index contributed by atoms with van der Waals surface area (Å²) in [6.07, 6.45) is 0.818. The van der Waals surface area contributed by atoms with E-state index in [9.17, 15) is 15.0 Å². The third kappa shape index (κ3) is 4.12. The van der Waals surface area contributed by atoms with Crippen molar-refractivity contribution < 1.29 is 15.0 Å². The van der Waals surface area contributed by atoms with Crippen molar-refractivity contribution in [3.63, 3.8) is 0 Å². The van der Waals surface area contributed by atoms with E-state index in [4.69, 9.17) is 23.2 Å². The van der Waals surface area contributed by atoms with Gasteiger partial charge in [0.2, 0.25) is 5.91 Å². The molecule has 0 aliphatic carbocycles. The number of carbonyl (C=O) groups excluding carboxylic acids is 1. The Bertz CT molecular complexity index is 627. The average molecular weight is 387 g/mol. The number of aliphatic hydroxyl groups excluding tert-OH is 2. The molecule has 2 saturated heterocycles. The second-order valence-electron chi connectivity index (χ2n) is 7.31. The van der Waals surface area contributed by atoms with Crippen LogP contribution in [0.3, 0.4) is 0 Å². The highest BCUT2D eigenvalue weighted by molar-refractivity contribution is 6.34. The monoisotopic (exact) mass is 386 g/mol. The van der Waals surface area contributed by atoms with Gasteiger partial charge in [-0.25, -0.2) is 0 Å². The molecule has 25 heavy (non-hydrogen) atoms. The predicted molar refractivity (Wildman–Crippen MR) is 97.8 cm³/mol. The third-order valence-corrected chi connectivity index (χ3v) is 5.87. The molecule has 7 heteroatoms. The summed E-state index contributed by atoms with van der Waals surface area (Å²) in [4.78, 5) is 16.9. The number of nitrogens with zero attached hydrogens (tertiary/aromatic N) is 2. The summed E-state index contributed by atoms with van der Waals surface area (Å²) >= 11 is 12.0. The van der Waals surface area contributed by atoms with Gasteiger partial charge >= 0.3 is 0 Å². The van der Waals surface area contributed by atoms with Crippen molar-refractivity contribution in [3.8, 4) is 0 Å². The van der Waals surface area contributed by atoms with Gasteiger partial charge in [0, 0.05) is 35.2 Å². The van der Waals surface area contributed by atoms with E-state index in [1.54, 1.807) is 23.1 Å². The number of halogens is 2. The van der Waals surface area contributed by atoms with Crippen molar-refractivity contribution in [3.05, 3.63) is 33.8 Å². The molecule has 2 fully saturated rings. The number of likely N-dealkylation sites (tertiary alicyclic amines) is 2. The van der Waals surface area contributed by atoms with Crippen molar-refractivity contribution in [1.82, 2.24) is 9.80 Å². The summed E-state index contributed by atoms with van der Waals surface area (Å²) in [5, 5.41) is 21.5. The van der Waals surface area contributed by atoms with Crippen LogP contribution in [0.5, 0.6) is 0 Å². The van der Waals surface area contributed by atoms with Crippen molar-refractivity contribution >= 4 is 29.1 Å². The molecule has 1 amide bonds. The molecule has 5 nitrogen and oxygen atoms in total. The lowest BCUT2D eigenvalue weighted by Gasteiger charge is -2.44. The van der Waals surface area contributed by atoms with Gasteiger partial charge in [0.25, 0.3) is 0 Å². The van der Waals surface area contributed by atoms with E-state index >= 15 is 0 Å². The number of piperidine rings is 1. The maximum absolute atomic E-state index is 12.9. The molecule has 1 aromatic rings. The minimum Gasteiger partial charge on any atom is -0.391 e. The van der Waals surface area contributed by atoms with Crippen molar-refractivity contribution in [1.29, 1.82) is 0 Å². The number of amides is 1. The fourth-order valence-corrected chi connectivity index (χ4v) is 4.60. The quantitative estimate of drug-likeness (QED) is 0.837. The highest BCUT2D eigenvalue weighted by atomic mass is 35.5. The number of β-amino-alcohol motifs (C(OH)–C–C–N with tert-alkyl or cyclic N) is 1. The topological polar surface area (TPSA) is 64.0 Å². The molecule has 138 valence electrons. The zero-order chi connectivity index (χ0) is 18.2. The predicted octanol–water partition coefficient (Wildman–Crippen LogP) is 2.47. The largest absolute Gasteiger partial charge is 0.391 e. The lowest BCUT2D eigenvalue weighted by atomic mass is 9.84. The lowest BCUT2D eigenvalue weighted by molar-refractivity contribution is -0.139. The van der Waals surface area contributed by atoms with Gasteiger partial charge in [-0.1, -0.05) is 23.2 Å². The SMILES string of the molecule is CN1CCC2(CC1)CC(O)CN2C(=O)CC(O)c1cc(Cl)cc(Cl)c1. The van der Waals surface area contributed by atoms with E-state index in [1.807, 2.05) is 0 Å². The van der Waals surface area contributed by atoms with Crippen LogP contribution in [0.4, 0.5) is 0 Å². The number of carbonyl (C=O) groups is 1. The molecule has 3 rings (SSSR count). The van der Waals surface area contributed by atoms with E-state index in [1.165, 1.54) is 0 Å². The van der Waals surface area contributed by atoms with Gasteiger partial charge in [0.15, 0.2) is 0 Å². The number of aliphatic hydroxyl groups is 2. The molecule has 2 atom stereocenters. The van der Waals surface area contributed by atoms with E-state index in [0.717, 1.165) is 25.9 Å². The Morgan fingerprint density at radius 1 is 1.28 bits per heavy atom. The fourth-order valence-electron chi connectivity index (χ4n) is 4.05. The fraction of sp³-hybridized carbons (Fsp3) is 0.611. The number of rotatable bonds is 3. The smallest absolute Gasteiger partial charge is 0.226 e. The first kappa shape index (κ1) is 18.9. The van der Waals surface area contributed by atoms with Crippen LogP contribution in [-0.2, 0) is 4.79 Å². The molecule has 2 unspecified atom stereocenters. The van der Waals surface area contributed by atoms with Gasteiger partial charge in [-0.3, -0.25) is 4.79 Å². The van der Waals surface area contributed by atoms with Crippen LogP contribution >= 0.6 is 23.2 Å². The molecule has 0 aromatic heterocycles. The van der Waals surface area contributed by atoms with E-state index in [0.29, 0.717) is 28.6 Å². The highest BCUT2D eigenvalue weighted by Crippen LogP contribution is 2.39. The van der Waals surface area contributed by atoms with Crippen LogP contribution in [0.1, 0.15) is 37.4 Å². The summed E-state index contributed by atoms with van der Waals surface area (Å²) in [7, 11) is 2.07. The van der Waals surface area contributed by atoms with Gasteiger partial charge in [-0.05, 0) is 50.1 Å². The van der Waals surface area contributed by atoms with E-state index in [2.05, 4.69) is 11.9 Å². The van der Waals surface area contributed by atoms with Crippen LogP contribution in [0, 0.1) is 0 Å². The molecule has 1 aromatic carbocycles. The molecular weight excluding hydrogens is 363 g/mol. The molecule has 0 saturated carbocycles. The van der Waals surface area contributed by atoms with Crippen molar-refractivity contribution in [2.75, 3.05) is 26.7 Å². The average Bonchev–Trinajstić information content (AvgIpc) is 2.86. The molecule has 2 aliphatic heterocycles. The Labute approximate surface area is 158 Å². The molecule has 2 aliphatic rings.